The number of carboxylic acids is 3. The van der Waals surface area contributed by atoms with E-state index in [0.29, 0.717) is 44.1 Å². The van der Waals surface area contributed by atoms with Gasteiger partial charge in [0.25, 0.3) is 5.91 Å². The Morgan fingerprint density at radius 3 is 1.82 bits per heavy atom. The van der Waals surface area contributed by atoms with Crippen LogP contribution >= 0.6 is 0 Å². The number of benzene rings is 1. The molecule has 0 spiro atoms. The number of carbonyl (C=O) groups is 11. The summed E-state index contributed by atoms with van der Waals surface area (Å²) >= 11 is 0. The number of ketones is 1. The summed E-state index contributed by atoms with van der Waals surface area (Å²) in [7, 11) is 0. The van der Waals surface area contributed by atoms with Crippen molar-refractivity contribution in [3.63, 3.8) is 0 Å². The summed E-state index contributed by atoms with van der Waals surface area (Å²) in [6.07, 6.45) is 1.15. The highest BCUT2D eigenvalue weighted by atomic mass is 16.4. The molecule has 10 N–H and O–H groups in total. The fourth-order valence-corrected chi connectivity index (χ4v) is 7.41. The lowest BCUT2D eigenvalue weighted by Gasteiger charge is -2.37. The molecule has 0 saturated heterocycles. The van der Waals surface area contributed by atoms with Crippen molar-refractivity contribution >= 4 is 65.0 Å². The van der Waals surface area contributed by atoms with Crippen LogP contribution < -0.4 is 32.3 Å². The van der Waals surface area contributed by atoms with Gasteiger partial charge < -0.3 is 52.5 Å². The van der Waals surface area contributed by atoms with E-state index >= 15 is 0 Å². The molecule has 1 aromatic carbocycles. The number of nitrogens with one attached hydrogen (secondary N) is 5. The fourth-order valence-electron chi connectivity index (χ4n) is 7.41. The second-order valence-electron chi connectivity index (χ2n) is 16.7. The van der Waals surface area contributed by atoms with E-state index in [-0.39, 0.29) is 25.2 Å². The Bertz CT molecular complexity index is 1880. The number of aryl methyl sites for hydroxylation is 1. The topological polar surface area (TPSA) is 338 Å². The van der Waals surface area contributed by atoms with Crippen molar-refractivity contribution in [1.82, 2.24) is 31.5 Å². The summed E-state index contributed by atoms with van der Waals surface area (Å²) in [4.78, 5) is 143. The molecule has 7 amide bonds. The molecule has 0 aliphatic heterocycles. The monoisotopic (exact) mass is 915 g/mol. The summed E-state index contributed by atoms with van der Waals surface area (Å²) in [6.45, 7) is 6.69. The van der Waals surface area contributed by atoms with Crippen molar-refractivity contribution in [3.8, 4) is 0 Å². The Hall–Kier alpha value is -6.41. The Morgan fingerprint density at radius 2 is 1.25 bits per heavy atom. The van der Waals surface area contributed by atoms with Gasteiger partial charge in [0, 0.05) is 25.3 Å². The smallest absolute Gasteiger partial charge is 0.305 e. The van der Waals surface area contributed by atoms with Gasteiger partial charge in [-0.1, -0.05) is 77.1 Å². The molecule has 1 aliphatic rings. The molecule has 0 aromatic heterocycles. The van der Waals surface area contributed by atoms with Gasteiger partial charge in [-0.25, -0.2) is 0 Å². The van der Waals surface area contributed by atoms with Crippen molar-refractivity contribution in [3.05, 3.63) is 35.4 Å². The van der Waals surface area contributed by atoms with Crippen LogP contribution in [0.1, 0.15) is 122 Å². The van der Waals surface area contributed by atoms with Crippen molar-refractivity contribution in [2.24, 2.45) is 11.7 Å². The molecule has 360 valence electrons. The van der Waals surface area contributed by atoms with Gasteiger partial charge in [0.15, 0.2) is 0 Å². The second kappa shape index (κ2) is 27.7. The number of aliphatic carboxylic acids is 3. The van der Waals surface area contributed by atoms with E-state index in [1.165, 1.54) is 4.90 Å². The van der Waals surface area contributed by atoms with E-state index in [9.17, 15) is 63.0 Å². The molecule has 1 fully saturated rings. The van der Waals surface area contributed by atoms with Gasteiger partial charge in [0.05, 0.1) is 25.4 Å². The third-order valence-electron chi connectivity index (χ3n) is 10.9. The van der Waals surface area contributed by atoms with Crippen LogP contribution in [0.3, 0.4) is 0 Å². The van der Waals surface area contributed by atoms with E-state index in [4.69, 9.17) is 10.8 Å². The predicted molar refractivity (Wildman–Crippen MR) is 232 cm³/mol. The highest BCUT2D eigenvalue weighted by molar-refractivity contribution is 6.37. The van der Waals surface area contributed by atoms with Gasteiger partial charge >= 0.3 is 17.9 Å². The van der Waals surface area contributed by atoms with E-state index < -0.39 is 140 Å². The van der Waals surface area contributed by atoms with Crippen molar-refractivity contribution in [2.75, 3.05) is 6.54 Å². The van der Waals surface area contributed by atoms with Crippen LogP contribution in [-0.4, -0.2) is 128 Å². The molecule has 21 nitrogen and oxygen atoms in total. The molecule has 2 rings (SSSR count). The van der Waals surface area contributed by atoms with E-state index in [1.807, 2.05) is 20.8 Å². The molecule has 1 saturated carbocycles. The lowest BCUT2D eigenvalue weighted by molar-refractivity contribution is -0.144. The lowest BCUT2D eigenvalue weighted by Crippen LogP contribution is -2.60. The zero-order valence-corrected chi connectivity index (χ0v) is 37.5. The number of primary amides is 1. The van der Waals surface area contributed by atoms with Gasteiger partial charge in [-0.3, -0.25) is 52.7 Å². The average molecular weight is 916 g/mol. The van der Waals surface area contributed by atoms with Gasteiger partial charge in [0.1, 0.15) is 24.2 Å². The zero-order valence-electron chi connectivity index (χ0n) is 37.5. The number of amides is 7. The number of nitrogens with zero attached hydrogens (tertiary/aromatic N) is 1. The summed E-state index contributed by atoms with van der Waals surface area (Å²) in [5.41, 5.74) is 6.60. The third kappa shape index (κ3) is 19.9. The fraction of sp³-hybridized carbons (Fsp3) is 0.614. The largest absolute Gasteiger partial charge is 0.481 e. The molecule has 65 heavy (non-hydrogen) atoms. The molecule has 5 atom stereocenters. The van der Waals surface area contributed by atoms with Crippen LogP contribution in [0.5, 0.6) is 0 Å². The normalized spacial score (nSPS) is 14.9. The maximum atomic E-state index is 14.9. The van der Waals surface area contributed by atoms with Gasteiger partial charge in [-0.15, -0.1) is 0 Å². The standard InChI is InChI=1S/C44H65N7O14/c1-5-6-16-29(39(60)40(45)61)48-42(63)31(21-25(2)3)47-35(53)24-51(28-14-8-7-9-15-28)44(65)33(22-27-13-11-10-12-26(27)4)50-41(62)30(17-19-36(54)55)49-43(64)32(23-38(58)59)46-34(52)18-20-37(56)57/h10-13,25,28-33H,5-9,14-24H2,1-4H3,(H2,45,61)(H,46,52)(H,47,53)(H,48,63)(H,49,64)(H,50,62)(H,54,55)(H,56,57)(H,58,59)/t29-,30-,31-,32-,33-/m0/s1. The Morgan fingerprint density at radius 1 is 0.677 bits per heavy atom. The first-order valence-electron chi connectivity index (χ1n) is 22.0. The maximum Gasteiger partial charge on any atom is 0.305 e. The van der Waals surface area contributed by atoms with Crippen LogP contribution in [0.15, 0.2) is 24.3 Å². The van der Waals surface area contributed by atoms with Crippen LogP contribution in [-0.2, 0) is 59.2 Å². The summed E-state index contributed by atoms with van der Waals surface area (Å²) < 4.78 is 0. The number of hydrogen-bond donors (Lipinski definition) is 9. The summed E-state index contributed by atoms with van der Waals surface area (Å²) in [6, 6.07) is -0.850. The Labute approximate surface area is 377 Å². The third-order valence-corrected chi connectivity index (χ3v) is 10.9. The minimum atomic E-state index is -1.80. The molecule has 0 unspecified atom stereocenters. The Balaban J connectivity index is 2.54. The Kier molecular flexibility index (Phi) is 23.3. The molecule has 1 aromatic rings. The van der Waals surface area contributed by atoms with Crippen LogP contribution in [0.25, 0.3) is 0 Å². The molecule has 1 aliphatic carbocycles. The highest BCUT2D eigenvalue weighted by Gasteiger charge is 2.37. The number of carboxylic acid groups (broad SMARTS) is 3. The number of Topliss-reactive ketones (excluding diaryl/α,β-unsaturated/α-hetero) is 1. The molecule has 0 radical (unpaired) electrons. The lowest BCUT2D eigenvalue weighted by atomic mass is 9.92. The van der Waals surface area contributed by atoms with E-state index in [1.54, 1.807) is 31.2 Å². The molecular weight excluding hydrogens is 851 g/mol. The van der Waals surface area contributed by atoms with E-state index in [0.717, 1.165) is 12.0 Å². The van der Waals surface area contributed by atoms with Crippen LogP contribution in [0.2, 0.25) is 0 Å². The molecule has 21 heteroatoms. The summed E-state index contributed by atoms with van der Waals surface area (Å²) in [5.74, 6) is -11.9. The minimum Gasteiger partial charge on any atom is -0.481 e. The van der Waals surface area contributed by atoms with Gasteiger partial charge in [-0.2, -0.15) is 0 Å². The predicted octanol–water partition coefficient (Wildman–Crippen LogP) is 0.618. The molecule has 0 bridgehead atoms. The quantitative estimate of drug-likeness (QED) is 0.0498. The SMILES string of the molecule is CCCC[C@H](NC(=O)[C@H](CC(C)C)NC(=O)CN(C(=O)[C@H](Cc1ccccc1C)NC(=O)[C@H](CCC(=O)O)NC(=O)[C@H](CC(=O)O)NC(=O)CCC(=O)O)C1CCCCC1)C(=O)C(N)=O. The minimum absolute atomic E-state index is 0.120. The van der Waals surface area contributed by atoms with Gasteiger partial charge in [0.2, 0.25) is 41.2 Å². The number of nitrogens with two attached hydrogens (primary N) is 1. The first kappa shape index (κ1) is 54.7. The number of carbonyl (C=O) groups excluding carboxylic acids is 8. The maximum absolute atomic E-state index is 14.9. The first-order valence-corrected chi connectivity index (χ1v) is 22.0. The molecule has 0 heterocycles. The van der Waals surface area contributed by atoms with Crippen LogP contribution in [0, 0.1) is 12.8 Å². The highest BCUT2D eigenvalue weighted by Crippen LogP contribution is 2.24. The van der Waals surface area contributed by atoms with E-state index in [2.05, 4.69) is 26.6 Å². The van der Waals surface area contributed by atoms with Crippen molar-refractivity contribution in [2.45, 2.75) is 160 Å². The average Bonchev–Trinajstić information content (AvgIpc) is 3.24. The van der Waals surface area contributed by atoms with Gasteiger partial charge in [-0.05, 0) is 56.1 Å². The second-order valence-corrected chi connectivity index (χ2v) is 16.7. The van der Waals surface area contributed by atoms with Crippen LogP contribution in [0.4, 0.5) is 0 Å². The van der Waals surface area contributed by atoms with Crippen molar-refractivity contribution in [1.29, 1.82) is 0 Å². The zero-order chi connectivity index (χ0) is 48.8. The number of hydrogen-bond acceptors (Lipinski definition) is 11. The number of rotatable bonds is 29. The number of unbranched alkanes of at least 4 members (excludes halogenated alkanes) is 1. The first-order chi connectivity index (χ1) is 30.6. The summed E-state index contributed by atoms with van der Waals surface area (Å²) in [5, 5.41) is 40.2. The van der Waals surface area contributed by atoms with Crippen molar-refractivity contribution < 1.29 is 68.1 Å². The molecular formula is C44H65N7O14.